The van der Waals surface area contributed by atoms with Gasteiger partial charge < -0.3 is 10.1 Å². The molecule has 0 aromatic carbocycles. The minimum absolute atomic E-state index is 0.103. The third-order valence-electron chi connectivity index (χ3n) is 2.95. The average Bonchev–Trinajstić information content (AvgIpc) is 2.13. The van der Waals surface area contributed by atoms with Crippen LogP contribution in [0.2, 0.25) is 0 Å². The molecule has 0 aromatic rings. The molecule has 0 bridgehead atoms. The highest BCUT2D eigenvalue weighted by Gasteiger charge is 2.30. The highest BCUT2D eigenvalue weighted by atomic mass is 32.2. The van der Waals surface area contributed by atoms with Crippen molar-refractivity contribution in [3.8, 4) is 0 Å². The summed E-state index contributed by atoms with van der Waals surface area (Å²) < 4.78 is 28.2. The lowest BCUT2D eigenvalue weighted by molar-refractivity contribution is 0.0493. The fourth-order valence-electron chi connectivity index (χ4n) is 2.14. The summed E-state index contributed by atoms with van der Waals surface area (Å²) in [4.78, 5) is 11.6. The minimum Gasteiger partial charge on any atom is -0.444 e. The van der Waals surface area contributed by atoms with Gasteiger partial charge in [-0.3, -0.25) is 0 Å². The predicted octanol–water partition coefficient (Wildman–Crippen LogP) is 1.87. The van der Waals surface area contributed by atoms with E-state index in [1.165, 1.54) is 6.26 Å². The molecule has 1 rings (SSSR count). The predicted molar refractivity (Wildman–Crippen MR) is 70.3 cm³/mol. The Morgan fingerprint density at radius 1 is 1.28 bits per heavy atom. The van der Waals surface area contributed by atoms with E-state index in [1.807, 2.05) is 0 Å². The van der Waals surface area contributed by atoms with Crippen LogP contribution in [0.5, 0.6) is 0 Å². The van der Waals surface area contributed by atoms with Crippen LogP contribution in [0.1, 0.15) is 46.5 Å². The fraction of sp³-hybridized carbons (Fsp3) is 0.917. The molecule has 0 unspecified atom stereocenters. The second-order valence-electron chi connectivity index (χ2n) is 5.96. The number of rotatable bonds is 2. The molecule has 2 atom stereocenters. The molecular formula is C12H23NO4S. The van der Waals surface area contributed by atoms with Crippen molar-refractivity contribution in [2.75, 3.05) is 6.26 Å². The van der Waals surface area contributed by atoms with E-state index in [1.54, 1.807) is 20.8 Å². The molecule has 1 saturated carbocycles. The first-order chi connectivity index (χ1) is 8.08. The maximum absolute atomic E-state index is 11.6. The summed E-state index contributed by atoms with van der Waals surface area (Å²) in [5.74, 6) is 0. The molecule has 1 aliphatic carbocycles. The molecule has 1 amide bonds. The zero-order valence-electron chi connectivity index (χ0n) is 11.5. The van der Waals surface area contributed by atoms with E-state index in [2.05, 4.69) is 5.32 Å². The number of sulfone groups is 1. The van der Waals surface area contributed by atoms with E-state index in [0.717, 1.165) is 12.8 Å². The zero-order valence-corrected chi connectivity index (χ0v) is 12.3. The Morgan fingerprint density at radius 2 is 1.89 bits per heavy atom. The first-order valence-corrected chi connectivity index (χ1v) is 8.22. The molecule has 106 valence electrons. The summed E-state index contributed by atoms with van der Waals surface area (Å²) in [6.07, 6.45) is 3.59. The second-order valence-corrected chi connectivity index (χ2v) is 8.29. The van der Waals surface area contributed by atoms with Crippen molar-refractivity contribution in [3.63, 3.8) is 0 Å². The van der Waals surface area contributed by atoms with Crippen LogP contribution in [-0.2, 0) is 14.6 Å². The fourth-order valence-corrected chi connectivity index (χ4v) is 3.32. The molecule has 0 heterocycles. The molecule has 5 nitrogen and oxygen atoms in total. The molecule has 6 heteroatoms. The Bertz CT molecular complexity index is 397. The molecule has 0 spiro atoms. The summed E-state index contributed by atoms with van der Waals surface area (Å²) in [6.45, 7) is 5.40. The van der Waals surface area contributed by atoms with Gasteiger partial charge in [0.15, 0.2) is 0 Å². The summed E-state index contributed by atoms with van der Waals surface area (Å²) in [5, 5.41) is 2.41. The summed E-state index contributed by atoms with van der Waals surface area (Å²) in [7, 11) is -3.02. The van der Waals surface area contributed by atoms with E-state index in [-0.39, 0.29) is 11.3 Å². The van der Waals surface area contributed by atoms with E-state index in [9.17, 15) is 13.2 Å². The van der Waals surface area contributed by atoms with Gasteiger partial charge in [0.25, 0.3) is 0 Å². The second kappa shape index (κ2) is 5.47. The minimum atomic E-state index is -3.02. The Balaban J connectivity index is 2.51. The number of nitrogens with one attached hydrogen (secondary N) is 1. The van der Waals surface area contributed by atoms with Gasteiger partial charge in [0.1, 0.15) is 15.4 Å². The van der Waals surface area contributed by atoms with Gasteiger partial charge in [-0.1, -0.05) is 6.42 Å². The van der Waals surface area contributed by atoms with Crippen molar-refractivity contribution < 1.29 is 17.9 Å². The van der Waals surface area contributed by atoms with Gasteiger partial charge in [-0.05, 0) is 40.0 Å². The van der Waals surface area contributed by atoms with Crippen LogP contribution in [0.4, 0.5) is 4.79 Å². The van der Waals surface area contributed by atoms with Gasteiger partial charge >= 0.3 is 6.09 Å². The van der Waals surface area contributed by atoms with Gasteiger partial charge in [0.2, 0.25) is 0 Å². The van der Waals surface area contributed by atoms with Crippen molar-refractivity contribution in [1.82, 2.24) is 5.32 Å². The molecule has 18 heavy (non-hydrogen) atoms. The Kier molecular flexibility index (Phi) is 4.64. The number of hydrogen-bond donors (Lipinski definition) is 1. The van der Waals surface area contributed by atoms with Crippen molar-refractivity contribution in [2.45, 2.75) is 63.3 Å². The lowest BCUT2D eigenvalue weighted by Gasteiger charge is -2.29. The topological polar surface area (TPSA) is 72.5 Å². The summed E-state index contributed by atoms with van der Waals surface area (Å²) in [6, 6.07) is -0.103. The molecule has 1 aliphatic rings. The molecule has 1 fully saturated rings. The van der Waals surface area contributed by atoms with Crippen molar-refractivity contribution in [1.29, 1.82) is 0 Å². The lowest BCUT2D eigenvalue weighted by atomic mass is 9.95. The first-order valence-electron chi connectivity index (χ1n) is 6.26. The Hall–Kier alpha value is -0.780. The number of hydrogen-bond acceptors (Lipinski definition) is 4. The molecule has 0 aromatic heterocycles. The van der Waals surface area contributed by atoms with E-state index >= 15 is 0 Å². The van der Waals surface area contributed by atoms with Crippen LogP contribution in [0.25, 0.3) is 0 Å². The van der Waals surface area contributed by atoms with Crippen LogP contribution in [0, 0.1) is 0 Å². The highest BCUT2D eigenvalue weighted by molar-refractivity contribution is 7.91. The van der Waals surface area contributed by atoms with Crippen molar-refractivity contribution in [2.24, 2.45) is 0 Å². The Morgan fingerprint density at radius 3 is 2.39 bits per heavy atom. The molecule has 0 radical (unpaired) electrons. The van der Waals surface area contributed by atoms with E-state index < -0.39 is 21.5 Å². The monoisotopic (exact) mass is 277 g/mol. The van der Waals surface area contributed by atoms with Crippen LogP contribution in [0.3, 0.4) is 0 Å². The molecular weight excluding hydrogens is 254 g/mol. The quantitative estimate of drug-likeness (QED) is 0.836. The highest BCUT2D eigenvalue weighted by Crippen LogP contribution is 2.24. The summed E-state index contributed by atoms with van der Waals surface area (Å²) >= 11 is 0. The number of ether oxygens (including phenoxy) is 1. The van der Waals surface area contributed by atoms with Gasteiger partial charge in [-0.15, -0.1) is 0 Å². The third kappa shape index (κ3) is 5.25. The number of carbonyl (C=O) groups excluding carboxylic acids is 1. The number of carbonyl (C=O) groups is 1. The van der Waals surface area contributed by atoms with Gasteiger partial charge in [-0.25, -0.2) is 13.2 Å². The van der Waals surface area contributed by atoms with Crippen LogP contribution < -0.4 is 5.32 Å². The normalized spacial score (nSPS) is 25.6. The molecule has 0 saturated heterocycles. The number of alkyl carbamates (subject to hydrolysis) is 1. The zero-order chi connectivity index (χ0) is 14.0. The van der Waals surface area contributed by atoms with Crippen LogP contribution in [-0.4, -0.2) is 37.7 Å². The van der Waals surface area contributed by atoms with Crippen molar-refractivity contribution >= 4 is 15.9 Å². The largest absolute Gasteiger partial charge is 0.444 e. The maximum atomic E-state index is 11.6. The lowest BCUT2D eigenvalue weighted by Crippen LogP contribution is -2.43. The standard InChI is InChI=1S/C12H23NO4S/c1-12(2,3)17-11(14)13-9-6-5-7-10(8-9)18(4,15)16/h9-10H,5-8H2,1-4H3,(H,13,14)/t9-,10+/m0/s1. The van der Waals surface area contributed by atoms with Crippen LogP contribution >= 0.6 is 0 Å². The molecule has 1 N–H and O–H groups in total. The van der Waals surface area contributed by atoms with Gasteiger partial charge in [-0.2, -0.15) is 0 Å². The smallest absolute Gasteiger partial charge is 0.407 e. The molecule has 0 aliphatic heterocycles. The van der Waals surface area contributed by atoms with Gasteiger partial charge in [0, 0.05) is 12.3 Å². The van der Waals surface area contributed by atoms with Crippen LogP contribution in [0.15, 0.2) is 0 Å². The van der Waals surface area contributed by atoms with Crippen molar-refractivity contribution in [3.05, 3.63) is 0 Å². The number of amides is 1. The Labute approximate surface area is 109 Å². The third-order valence-corrected chi connectivity index (χ3v) is 4.59. The summed E-state index contributed by atoms with van der Waals surface area (Å²) in [5.41, 5.74) is -0.533. The maximum Gasteiger partial charge on any atom is 0.407 e. The average molecular weight is 277 g/mol. The SMILES string of the molecule is CC(C)(C)OC(=O)N[C@H]1CCC[C@@H](S(C)(=O)=O)C1. The first kappa shape index (κ1) is 15.3. The van der Waals surface area contributed by atoms with E-state index in [4.69, 9.17) is 4.74 Å². The van der Waals surface area contributed by atoms with E-state index in [0.29, 0.717) is 12.8 Å². The van der Waals surface area contributed by atoms with Gasteiger partial charge in [0.05, 0.1) is 5.25 Å².